The molecule has 0 saturated carbocycles. The highest BCUT2D eigenvalue weighted by Gasteiger charge is 2.23. The second-order valence-corrected chi connectivity index (χ2v) is 7.26. The zero-order valence-electron chi connectivity index (χ0n) is 15.8. The molecule has 0 unspecified atom stereocenters. The molecule has 1 saturated heterocycles. The van der Waals surface area contributed by atoms with Gasteiger partial charge in [-0.15, -0.1) is 0 Å². The number of hydrogen-bond acceptors (Lipinski definition) is 7. The molecule has 3 rings (SSSR count). The molecule has 9 heteroatoms. The monoisotopic (exact) mass is 400 g/mol. The minimum atomic E-state index is -0.186. The number of benzene rings is 1. The molecular weight excluding hydrogens is 376 g/mol. The summed E-state index contributed by atoms with van der Waals surface area (Å²) in [7, 11) is 1.41. The van der Waals surface area contributed by atoms with Crippen LogP contribution in [0, 0.1) is 5.41 Å². The van der Waals surface area contributed by atoms with Gasteiger partial charge in [-0.3, -0.25) is 15.6 Å². The molecular formula is C19H24N6O2S. The van der Waals surface area contributed by atoms with Crippen LogP contribution in [0.25, 0.3) is 0 Å². The number of ether oxygens (including phenoxy) is 1. The Morgan fingerprint density at radius 3 is 2.68 bits per heavy atom. The second-order valence-electron chi connectivity index (χ2n) is 6.26. The van der Waals surface area contributed by atoms with Crippen LogP contribution in [0.5, 0.6) is 0 Å². The Hall–Kier alpha value is -2.91. The molecule has 0 radical (unpaired) electrons. The lowest BCUT2D eigenvalue weighted by atomic mass is 10.2. The summed E-state index contributed by atoms with van der Waals surface area (Å²) in [6.45, 7) is 7.47. The van der Waals surface area contributed by atoms with Crippen LogP contribution < -0.4 is 10.6 Å². The lowest BCUT2D eigenvalue weighted by molar-refractivity contribution is 0.143. The van der Waals surface area contributed by atoms with E-state index in [0.29, 0.717) is 28.9 Å². The Bertz CT molecular complexity index is 830. The molecule has 0 bridgehead atoms. The van der Waals surface area contributed by atoms with E-state index < -0.39 is 0 Å². The maximum Gasteiger partial charge on any atom is 0.323 e. The van der Waals surface area contributed by atoms with Crippen LogP contribution in [0.3, 0.4) is 0 Å². The summed E-state index contributed by atoms with van der Waals surface area (Å²) in [4.78, 5) is 21.0. The minimum Gasteiger partial charge on any atom is -0.480 e. The average molecular weight is 401 g/mol. The van der Waals surface area contributed by atoms with Gasteiger partial charge in [-0.05, 0) is 11.8 Å². The van der Waals surface area contributed by atoms with Crippen LogP contribution in [0.4, 0.5) is 14.9 Å². The van der Waals surface area contributed by atoms with E-state index in [1.54, 1.807) is 4.90 Å². The highest BCUT2D eigenvalue weighted by Crippen LogP contribution is 2.29. The van der Waals surface area contributed by atoms with Crippen molar-refractivity contribution in [2.75, 3.05) is 43.9 Å². The number of nitrogens with one attached hydrogen (secondary N) is 3. The van der Waals surface area contributed by atoms with Gasteiger partial charge in [-0.2, -0.15) is 0 Å². The number of amides is 2. The van der Waals surface area contributed by atoms with E-state index in [1.165, 1.54) is 30.2 Å². The molecule has 1 aliphatic rings. The average Bonchev–Trinajstić information content (AvgIpc) is 3.11. The zero-order valence-corrected chi connectivity index (χ0v) is 16.6. The number of carbonyl (C=O) groups is 1. The molecule has 0 spiro atoms. The van der Waals surface area contributed by atoms with Crippen molar-refractivity contribution in [1.29, 1.82) is 5.41 Å². The fraction of sp³-hybridized carbons (Fsp3) is 0.316. The third-order valence-corrected chi connectivity index (χ3v) is 5.30. The maximum absolute atomic E-state index is 12.6. The molecule has 148 valence electrons. The molecule has 2 amide bonds. The molecule has 3 N–H and O–H groups in total. The van der Waals surface area contributed by atoms with Gasteiger partial charge in [-0.1, -0.05) is 48.2 Å². The molecule has 1 aromatic heterocycles. The predicted octanol–water partition coefficient (Wildman–Crippen LogP) is 3.02. The normalized spacial score (nSPS) is 14.4. The Morgan fingerprint density at radius 2 is 2.04 bits per heavy atom. The number of methoxy groups -OCH3 is 1. The van der Waals surface area contributed by atoms with E-state index in [1.807, 2.05) is 18.2 Å². The number of aromatic nitrogens is 1. The Morgan fingerprint density at radius 1 is 1.32 bits per heavy atom. The molecule has 0 aliphatic carbocycles. The SMILES string of the molecule is C=CNc1sc(NC(=O)N2CCN(Cc3ccccc3)CC2)nc1C(=N)OC. The van der Waals surface area contributed by atoms with Gasteiger partial charge in [0.2, 0.25) is 5.90 Å². The van der Waals surface area contributed by atoms with Crippen molar-refractivity contribution in [1.82, 2.24) is 14.8 Å². The molecule has 28 heavy (non-hydrogen) atoms. The van der Waals surface area contributed by atoms with Gasteiger partial charge in [0, 0.05) is 32.7 Å². The summed E-state index contributed by atoms with van der Waals surface area (Å²) in [5.41, 5.74) is 1.62. The van der Waals surface area contributed by atoms with Crippen LogP contribution in [0.1, 0.15) is 11.3 Å². The summed E-state index contributed by atoms with van der Waals surface area (Å²) in [6.07, 6.45) is 1.50. The molecule has 1 aliphatic heterocycles. The number of nitrogens with zero attached hydrogens (tertiary/aromatic N) is 3. The van der Waals surface area contributed by atoms with Crippen molar-refractivity contribution in [3.63, 3.8) is 0 Å². The first kappa shape index (κ1) is 19.8. The molecule has 1 aromatic carbocycles. The number of thiazole rings is 1. The summed E-state index contributed by atoms with van der Waals surface area (Å²) >= 11 is 1.24. The van der Waals surface area contributed by atoms with Crippen LogP contribution in [-0.2, 0) is 11.3 Å². The zero-order chi connectivity index (χ0) is 19.9. The summed E-state index contributed by atoms with van der Waals surface area (Å²) in [5.74, 6) is -0.0735. The van der Waals surface area contributed by atoms with Crippen molar-refractivity contribution in [3.05, 3.63) is 54.4 Å². The highest BCUT2D eigenvalue weighted by atomic mass is 32.1. The first-order valence-corrected chi connectivity index (χ1v) is 9.75. The molecule has 0 atom stereocenters. The summed E-state index contributed by atoms with van der Waals surface area (Å²) < 4.78 is 4.94. The molecule has 2 heterocycles. The van der Waals surface area contributed by atoms with E-state index >= 15 is 0 Å². The molecule has 8 nitrogen and oxygen atoms in total. The van der Waals surface area contributed by atoms with Crippen LogP contribution in [0.2, 0.25) is 0 Å². The van der Waals surface area contributed by atoms with Crippen molar-refractivity contribution < 1.29 is 9.53 Å². The van der Waals surface area contributed by atoms with Crippen molar-refractivity contribution >= 4 is 33.4 Å². The van der Waals surface area contributed by atoms with Crippen molar-refractivity contribution in [3.8, 4) is 0 Å². The van der Waals surface area contributed by atoms with Gasteiger partial charge in [0.25, 0.3) is 0 Å². The minimum absolute atomic E-state index is 0.0735. The standard InChI is InChI=1S/C19H24N6O2S/c1-3-21-17-15(16(20)27-2)22-18(28-17)23-19(26)25-11-9-24(10-12-25)13-14-7-5-4-6-8-14/h3-8,20-21H,1,9-13H2,2H3,(H,22,23,26). The summed E-state index contributed by atoms with van der Waals surface area (Å²) in [5, 5.41) is 14.6. The van der Waals surface area contributed by atoms with E-state index in [9.17, 15) is 4.79 Å². The first-order chi connectivity index (χ1) is 13.6. The van der Waals surface area contributed by atoms with Gasteiger partial charge in [0.1, 0.15) is 5.00 Å². The van der Waals surface area contributed by atoms with E-state index in [-0.39, 0.29) is 11.9 Å². The predicted molar refractivity (Wildman–Crippen MR) is 112 cm³/mol. The maximum atomic E-state index is 12.6. The van der Waals surface area contributed by atoms with Crippen LogP contribution in [-0.4, -0.2) is 60.0 Å². The van der Waals surface area contributed by atoms with Crippen molar-refractivity contribution in [2.45, 2.75) is 6.54 Å². The first-order valence-electron chi connectivity index (χ1n) is 8.94. The number of carbonyl (C=O) groups excluding carboxylic acids is 1. The van der Waals surface area contributed by atoms with E-state index in [0.717, 1.165) is 19.6 Å². The Balaban J connectivity index is 1.55. The number of hydrogen-bond donors (Lipinski definition) is 3. The number of urea groups is 1. The fourth-order valence-corrected chi connectivity index (χ4v) is 3.78. The third kappa shape index (κ3) is 4.87. The highest BCUT2D eigenvalue weighted by molar-refractivity contribution is 7.20. The van der Waals surface area contributed by atoms with Gasteiger partial charge in [0.05, 0.1) is 7.11 Å². The quantitative estimate of drug-likeness (QED) is 0.512. The van der Waals surface area contributed by atoms with E-state index in [2.05, 4.69) is 39.2 Å². The van der Waals surface area contributed by atoms with Gasteiger partial charge in [-0.25, -0.2) is 9.78 Å². The largest absolute Gasteiger partial charge is 0.480 e. The summed E-state index contributed by atoms with van der Waals surface area (Å²) in [6, 6.07) is 10.1. The second kappa shape index (κ2) is 9.34. The van der Waals surface area contributed by atoms with Gasteiger partial charge >= 0.3 is 6.03 Å². The number of rotatable bonds is 6. The lowest BCUT2D eigenvalue weighted by Crippen LogP contribution is -2.49. The fourth-order valence-electron chi connectivity index (χ4n) is 2.94. The lowest BCUT2D eigenvalue weighted by Gasteiger charge is -2.34. The van der Waals surface area contributed by atoms with Crippen molar-refractivity contribution in [2.24, 2.45) is 0 Å². The molecule has 1 fully saturated rings. The van der Waals surface area contributed by atoms with Gasteiger partial charge in [0.15, 0.2) is 10.8 Å². The Kier molecular flexibility index (Phi) is 6.62. The third-order valence-electron chi connectivity index (χ3n) is 4.40. The Labute approximate surface area is 168 Å². The number of anilines is 2. The topological polar surface area (TPSA) is 93.6 Å². The smallest absolute Gasteiger partial charge is 0.323 e. The molecule has 2 aromatic rings. The van der Waals surface area contributed by atoms with E-state index in [4.69, 9.17) is 10.1 Å². The van der Waals surface area contributed by atoms with Gasteiger partial charge < -0.3 is 15.0 Å². The number of piperazine rings is 1. The van der Waals surface area contributed by atoms with Crippen LogP contribution in [0.15, 0.2) is 43.1 Å². The van der Waals surface area contributed by atoms with Crippen LogP contribution >= 0.6 is 11.3 Å².